The van der Waals surface area contributed by atoms with Gasteiger partial charge in [0, 0.05) is 11.7 Å². The molecule has 0 radical (unpaired) electrons. The molecule has 1 aromatic carbocycles. The molecule has 1 saturated carbocycles. The van der Waals surface area contributed by atoms with Gasteiger partial charge in [-0.3, -0.25) is 0 Å². The summed E-state index contributed by atoms with van der Waals surface area (Å²) in [5.74, 6) is 1.78. The summed E-state index contributed by atoms with van der Waals surface area (Å²) in [5, 5.41) is 3.72. The molecule has 3 nitrogen and oxygen atoms in total. The van der Waals surface area contributed by atoms with Crippen LogP contribution in [0.25, 0.3) is 11.0 Å². The normalized spacial score (nSPS) is 25.8. The number of aromatic nitrogens is 2. The molecule has 3 heteroatoms. The van der Waals surface area contributed by atoms with Gasteiger partial charge in [0.2, 0.25) is 0 Å². The van der Waals surface area contributed by atoms with Gasteiger partial charge in [0.25, 0.3) is 0 Å². The molecule has 1 aliphatic rings. The standard InChI is InChI=1S/C17H25N3/c1-11-7-14(10-17(3,4)9-11)20-13-5-6-15-16(8-13)19-12(2)18-15/h5-6,8,11,14,20H,7,9-10H2,1-4H3,(H,18,19). The minimum absolute atomic E-state index is 0.448. The molecule has 3 rings (SSSR count). The van der Waals surface area contributed by atoms with Gasteiger partial charge in [0.15, 0.2) is 0 Å². The number of aromatic amines is 1. The number of H-pyrrole nitrogens is 1. The van der Waals surface area contributed by atoms with Crippen LogP contribution in [0.1, 0.15) is 45.9 Å². The molecule has 1 fully saturated rings. The number of aryl methyl sites for hydroxylation is 1. The summed E-state index contributed by atoms with van der Waals surface area (Å²) in [6, 6.07) is 7.00. The Hall–Kier alpha value is -1.51. The Morgan fingerprint density at radius 3 is 2.85 bits per heavy atom. The lowest BCUT2D eigenvalue weighted by molar-refractivity contribution is 0.178. The maximum Gasteiger partial charge on any atom is 0.104 e. The van der Waals surface area contributed by atoms with Crippen LogP contribution in [-0.2, 0) is 0 Å². The molecule has 0 amide bonds. The van der Waals surface area contributed by atoms with Crippen LogP contribution in [0.4, 0.5) is 5.69 Å². The van der Waals surface area contributed by atoms with Crippen molar-refractivity contribution in [3.63, 3.8) is 0 Å². The summed E-state index contributed by atoms with van der Waals surface area (Å²) in [6.45, 7) is 9.15. The molecule has 2 aromatic rings. The van der Waals surface area contributed by atoms with E-state index in [2.05, 4.69) is 54.3 Å². The van der Waals surface area contributed by atoms with Crippen LogP contribution in [0, 0.1) is 18.3 Å². The summed E-state index contributed by atoms with van der Waals surface area (Å²) in [5.41, 5.74) is 3.82. The van der Waals surface area contributed by atoms with Crippen molar-refractivity contribution < 1.29 is 0 Å². The van der Waals surface area contributed by atoms with Crippen molar-refractivity contribution in [1.82, 2.24) is 9.97 Å². The number of hydrogen-bond donors (Lipinski definition) is 2. The van der Waals surface area contributed by atoms with Gasteiger partial charge in [0.1, 0.15) is 5.82 Å². The summed E-state index contributed by atoms with van der Waals surface area (Å²) >= 11 is 0. The van der Waals surface area contributed by atoms with Crippen LogP contribution in [0.3, 0.4) is 0 Å². The lowest BCUT2D eigenvalue weighted by Gasteiger charge is -2.39. The maximum absolute atomic E-state index is 4.45. The molecule has 0 bridgehead atoms. The predicted molar refractivity (Wildman–Crippen MR) is 85.0 cm³/mol. The van der Waals surface area contributed by atoms with Gasteiger partial charge in [-0.2, -0.15) is 0 Å². The van der Waals surface area contributed by atoms with E-state index in [1.54, 1.807) is 0 Å². The highest BCUT2D eigenvalue weighted by atomic mass is 14.9. The highest BCUT2D eigenvalue weighted by Crippen LogP contribution is 2.39. The predicted octanol–water partition coefficient (Wildman–Crippen LogP) is 4.50. The highest BCUT2D eigenvalue weighted by molar-refractivity contribution is 5.79. The average molecular weight is 271 g/mol. The van der Waals surface area contributed by atoms with Crippen LogP contribution in [0.2, 0.25) is 0 Å². The molecule has 108 valence electrons. The third-order valence-electron chi connectivity index (χ3n) is 4.36. The first-order chi connectivity index (χ1) is 9.41. The van der Waals surface area contributed by atoms with Gasteiger partial charge in [-0.25, -0.2) is 4.98 Å². The number of fused-ring (bicyclic) bond motifs is 1. The average Bonchev–Trinajstić information content (AvgIpc) is 2.65. The molecular weight excluding hydrogens is 246 g/mol. The molecule has 2 unspecified atom stereocenters. The van der Waals surface area contributed by atoms with Crippen LogP contribution < -0.4 is 5.32 Å². The SMILES string of the molecule is Cc1nc2ccc(NC3CC(C)CC(C)(C)C3)cc2[nH]1. The molecule has 1 aliphatic carbocycles. The Kier molecular flexibility index (Phi) is 3.23. The fraction of sp³-hybridized carbons (Fsp3) is 0.588. The number of imidazole rings is 1. The Labute approximate surface area is 121 Å². The zero-order chi connectivity index (χ0) is 14.3. The number of anilines is 1. The van der Waals surface area contributed by atoms with E-state index in [0.29, 0.717) is 11.5 Å². The second-order valence-corrected chi connectivity index (χ2v) is 7.31. The lowest BCUT2D eigenvalue weighted by Crippen LogP contribution is -2.35. The zero-order valence-electron chi connectivity index (χ0n) is 13.0. The smallest absolute Gasteiger partial charge is 0.104 e. The quantitative estimate of drug-likeness (QED) is 0.844. The van der Waals surface area contributed by atoms with Crippen LogP contribution >= 0.6 is 0 Å². The van der Waals surface area contributed by atoms with Gasteiger partial charge >= 0.3 is 0 Å². The number of hydrogen-bond acceptors (Lipinski definition) is 2. The molecule has 0 saturated heterocycles. The fourth-order valence-corrected chi connectivity index (χ4v) is 3.92. The van der Waals surface area contributed by atoms with E-state index in [4.69, 9.17) is 0 Å². The van der Waals surface area contributed by atoms with E-state index >= 15 is 0 Å². The third kappa shape index (κ3) is 2.82. The molecule has 2 atom stereocenters. The zero-order valence-corrected chi connectivity index (χ0v) is 13.0. The van der Waals surface area contributed by atoms with Crippen molar-refractivity contribution in [3.05, 3.63) is 24.0 Å². The maximum atomic E-state index is 4.45. The van der Waals surface area contributed by atoms with Crippen molar-refractivity contribution in [3.8, 4) is 0 Å². The van der Waals surface area contributed by atoms with Crippen LogP contribution in [0.5, 0.6) is 0 Å². The highest BCUT2D eigenvalue weighted by Gasteiger charge is 2.31. The van der Waals surface area contributed by atoms with Crippen molar-refractivity contribution in [2.75, 3.05) is 5.32 Å². The first kappa shape index (κ1) is 13.5. The van der Waals surface area contributed by atoms with Gasteiger partial charge in [-0.05, 0) is 55.7 Å². The van der Waals surface area contributed by atoms with Crippen molar-refractivity contribution >= 4 is 16.7 Å². The van der Waals surface area contributed by atoms with E-state index in [1.165, 1.54) is 24.9 Å². The lowest BCUT2D eigenvalue weighted by atomic mass is 9.70. The van der Waals surface area contributed by atoms with E-state index < -0.39 is 0 Å². The second kappa shape index (κ2) is 4.80. The molecule has 1 heterocycles. The van der Waals surface area contributed by atoms with Gasteiger partial charge in [-0.1, -0.05) is 20.8 Å². The molecule has 0 aliphatic heterocycles. The van der Waals surface area contributed by atoms with Crippen LogP contribution in [0.15, 0.2) is 18.2 Å². The summed E-state index contributed by atoms with van der Waals surface area (Å²) < 4.78 is 0. The van der Waals surface area contributed by atoms with E-state index in [0.717, 1.165) is 22.8 Å². The Bertz CT molecular complexity index is 612. The third-order valence-corrected chi connectivity index (χ3v) is 4.36. The van der Waals surface area contributed by atoms with Crippen molar-refractivity contribution in [2.45, 2.75) is 53.0 Å². The van der Waals surface area contributed by atoms with Crippen molar-refractivity contribution in [2.24, 2.45) is 11.3 Å². The first-order valence-corrected chi connectivity index (χ1v) is 7.64. The Balaban J connectivity index is 1.78. The summed E-state index contributed by atoms with van der Waals surface area (Å²) in [4.78, 5) is 7.76. The van der Waals surface area contributed by atoms with E-state index in [-0.39, 0.29) is 0 Å². The number of nitrogens with one attached hydrogen (secondary N) is 2. The monoisotopic (exact) mass is 271 g/mol. The summed E-state index contributed by atoms with van der Waals surface area (Å²) in [7, 11) is 0. The first-order valence-electron chi connectivity index (χ1n) is 7.64. The largest absolute Gasteiger partial charge is 0.382 e. The second-order valence-electron chi connectivity index (χ2n) is 7.31. The molecule has 20 heavy (non-hydrogen) atoms. The topological polar surface area (TPSA) is 40.7 Å². The van der Waals surface area contributed by atoms with Gasteiger partial charge in [-0.15, -0.1) is 0 Å². The number of rotatable bonds is 2. The molecule has 1 aromatic heterocycles. The molecule has 2 N–H and O–H groups in total. The number of nitrogens with zero attached hydrogens (tertiary/aromatic N) is 1. The van der Waals surface area contributed by atoms with Crippen LogP contribution in [-0.4, -0.2) is 16.0 Å². The Morgan fingerprint density at radius 1 is 1.30 bits per heavy atom. The van der Waals surface area contributed by atoms with Gasteiger partial charge in [0.05, 0.1) is 11.0 Å². The molecular formula is C17H25N3. The van der Waals surface area contributed by atoms with Crippen molar-refractivity contribution in [1.29, 1.82) is 0 Å². The van der Waals surface area contributed by atoms with E-state index in [1.807, 2.05) is 6.92 Å². The number of benzene rings is 1. The molecule has 0 spiro atoms. The minimum atomic E-state index is 0.448. The fourth-order valence-electron chi connectivity index (χ4n) is 3.92. The van der Waals surface area contributed by atoms with E-state index in [9.17, 15) is 0 Å². The summed E-state index contributed by atoms with van der Waals surface area (Å²) in [6.07, 6.45) is 3.85. The van der Waals surface area contributed by atoms with Gasteiger partial charge < -0.3 is 10.3 Å². The minimum Gasteiger partial charge on any atom is -0.382 e. The Morgan fingerprint density at radius 2 is 2.10 bits per heavy atom.